The first-order valence-electron chi connectivity index (χ1n) is 7.59. The Kier molecular flexibility index (Phi) is 4.75. The van der Waals surface area contributed by atoms with Crippen molar-refractivity contribution >= 4 is 43.2 Å². The van der Waals surface area contributed by atoms with Crippen molar-refractivity contribution in [2.45, 2.75) is 18.2 Å². The zero-order valence-electron chi connectivity index (χ0n) is 13.7. The Balaban J connectivity index is 1.93. The van der Waals surface area contributed by atoms with E-state index >= 15 is 0 Å². The van der Waals surface area contributed by atoms with E-state index in [0.29, 0.717) is 23.1 Å². The van der Waals surface area contributed by atoms with Crippen LogP contribution in [0.25, 0.3) is 0 Å². The van der Waals surface area contributed by atoms with Gasteiger partial charge in [0, 0.05) is 29.3 Å². The summed E-state index contributed by atoms with van der Waals surface area (Å²) in [5, 5.41) is 0. The Morgan fingerprint density at radius 1 is 1.24 bits per heavy atom. The molecule has 2 aromatic carbocycles. The van der Waals surface area contributed by atoms with Crippen LogP contribution in [0.2, 0.25) is 0 Å². The van der Waals surface area contributed by atoms with Crippen molar-refractivity contribution in [2.24, 2.45) is 0 Å². The molecule has 0 saturated heterocycles. The SMILES string of the molecule is COc1ccc(Br)cc1S(=O)(=O)Nc1ccc2c(c1)CCN2C(C)=O. The molecule has 0 radical (unpaired) electrons. The fourth-order valence-electron chi connectivity index (χ4n) is 2.86. The molecule has 1 aliphatic rings. The van der Waals surface area contributed by atoms with E-state index in [9.17, 15) is 13.2 Å². The lowest BCUT2D eigenvalue weighted by Crippen LogP contribution is -2.25. The van der Waals surface area contributed by atoms with Crippen molar-refractivity contribution in [1.82, 2.24) is 0 Å². The first kappa shape index (κ1) is 17.8. The molecule has 25 heavy (non-hydrogen) atoms. The standard InChI is InChI=1S/C17H17BrN2O4S/c1-11(21)20-8-7-12-9-14(4-5-15(12)20)19-25(22,23)17-10-13(18)3-6-16(17)24-2/h3-6,9-10,19H,7-8H2,1-2H3. The lowest BCUT2D eigenvalue weighted by atomic mass is 10.1. The molecular formula is C17H17BrN2O4S. The van der Waals surface area contributed by atoms with Crippen LogP contribution >= 0.6 is 15.9 Å². The van der Waals surface area contributed by atoms with Crippen molar-refractivity contribution in [2.75, 3.05) is 23.3 Å². The normalized spacial score (nSPS) is 13.5. The minimum atomic E-state index is -3.81. The number of rotatable bonds is 4. The molecule has 1 N–H and O–H groups in total. The summed E-state index contributed by atoms with van der Waals surface area (Å²) < 4.78 is 33.8. The molecule has 1 heterocycles. The number of carbonyl (C=O) groups is 1. The number of fused-ring (bicyclic) bond motifs is 1. The number of nitrogens with zero attached hydrogens (tertiary/aromatic N) is 1. The molecule has 0 atom stereocenters. The van der Waals surface area contributed by atoms with Crippen LogP contribution in [0.15, 0.2) is 45.8 Å². The van der Waals surface area contributed by atoms with E-state index < -0.39 is 10.0 Å². The van der Waals surface area contributed by atoms with Crippen molar-refractivity contribution < 1.29 is 17.9 Å². The minimum Gasteiger partial charge on any atom is -0.495 e. The molecule has 0 spiro atoms. The molecule has 0 aliphatic carbocycles. The van der Waals surface area contributed by atoms with E-state index in [1.165, 1.54) is 20.1 Å². The number of benzene rings is 2. The second-order valence-corrected chi connectivity index (χ2v) is 8.23. The predicted octanol–water partition coefficient (Wildman–Crippen LogP) is 3.17. The maximum Gasteiger partial charge on any atom is 0.265 e. The van der Waals surface area contributed by atoms with Crippen LogP contribution in [0.5, 0.6) is 5.75 Å². The third-order valence-corrected chi connectivity index (χ3v) is 5.92. The van der Waals surface area contributed by atoms with Crippen molar-refractivity contribution in [3.05, 3.63) is 46.4 Å². The number of amides is 1. The van der Waals surface area contributed by atoms with Gasteiger partial charge in [0.05, 0.1) is 7.11 Å². The highest BCUT2D eigenvalue weighted by atomic mass is 79.9. The van der Waals surface area contributed by atoms with Crippen molar-refractivity contribution in [1.29, 1.82) is 0 Å². The van der Waals surface area contributed by atoms with Gasteiger partial charge >= 0.3 is 0 Å². The fraction of sp³-hybridized carbons (Fsp3) is 0.235. The number of sulfonamides is 1. The highest BCUT2D eigenvalue weighted by Gasteiger charge is 2.24. The molecule has 2 aromatic rings. The first-order valence-corrected chi connectivity index (χ1v) is 9.87. The number of nitrogens with one attached hydrogen (secondary N) is 1. The average molecular weight is 425 g/mol. The molecular weight excluding hydrogens is 408 g/mol. The molecule has 0 aromatic heterocycles. The largest absolute Gasteiger partial charge is 0.495 e. The summed E-state index contributed by atoms with van der Waals surface area (Å²) in [5.74, 6) is 0.241. The third kappa shape index (κ3) is 3.50. The van der Waals surface area contributed by atoms with Gasteiger partial charge in [0.1, 0.15) is 10.6 Å². The summed E-state index contributed by atoms with van der Waals surface area (Å²) in [4.78, 5) is 13.3. The number of hydrogen-bond donors (Lipinski definition) is 1. The fourth-order valence-corrected chi connectivity index (χ4v) is 4.62. The van der Waals surface area contributed by atoms with E-state index in [0.717, 1.165) is 11.3 Å². The van der Waals surface area contributed by atoms with Gasteiger partial charge in [-0.25, -0.2) is 8.42 Å². The highest BCUT2D eigenvalue weighted by molar-refractivity contribution is 9.10. The number of carbonyl (C=O) groups excluding carboxylic acids is 1. The van der Waals surface area contributed by atoms with Crippen LogP contribution in [-0.4, -0.2) is 28.0 Å². The summed E-state index contributed by atoms with van der Waals surface area (Å²) in [6, 6.07) is 9.98. The van der Waals surface area contributed by atoms with E-state index in [1.54, 1.807) is 35.2 Å². The maximum atomic E-state index is 12.7. The van der Waals surface area contributed by atoms with Gasteiger partial charge in [-0.3, -0.25) is 9.52 Å². The molecule has 132 valence electrons. The van der Waals surface area contributed by atoms with Gasteiger partial charge in [-0.05, 0) is 48.4 Å². The summed E-state index contributed by atoms with van der Waals surface area (Å²) >= 11 is 3.28. The topological polar surface area (TPSA) is 75.7 Å². The Labute approximate surface area is 155 Å². The number of ether oxygens (including phenoxy) is 1. The second-order valence-electron chi connectivity index (χ2n) is 5.66. The smallest absolute Gasteiger partial charge is 0.265 e. The quantitative estimate of drug-likeness (QED) is 0.817. The van der Waals surface area contributed by atoms with Gasteiger partial charge in [-0.1, -0.05) is 15.9 Å². The lowest BCUT2D eigenvalue weighted by molar-refractivity contribution is -0.116. The summed E-state index contributed by atoms with van der Waals surface area (Å²) in [6.07, 6.45) is 0.699. The molecule has 0 saturated carbocycles. The molecule has 1 amide bonds. The van der Waals surface area contributed by atoms with Crippen LogP contribution in [-0.2, 0) is 21.2 Å². The van der Waals surface area contributed by atoms with Gasteiger partial charge in [0.25, 0.3) is 10.0 Å². The van der Waals surface area contributed by atoms with E-state index in [1.807, 2.05) is 0 Å². The molecule has 8 heteroatoms. The predicted molar refractivity (Wildman–Crippen MR) is 99.7 cm³/mol. The number of halogens is 1. The molecule has 0 unspecified atom stereocenters. The number of anilines is 2. The summed E-state index contributed by atoms with van der Waals surface area (Å²) in [7, 11) is -2.39. The first-order chi connectivity index (χ1) is 11.8. The van der Waals surface area contributed by atoms with E-state index in [-0.39, 0.29) is 16.6 Å². The van der Waals surface area contributed by atoms with Crippen LogP contribution in [0.1, 0.15) is 12.5 Å². The van der Waals surface area contributed by atoms with Crippen LogP contribution < -0.4 is 14.4 Å². The molecule has 6 nitrogen and oxygen atoms in total. The maximum absolute atomic E-state index is 12.7. The third-order valence-electron chi connectivity index (χ3n) is 4.02. The van der Waals surface area contributed by atoms with Gasteiger partial charge in [0.2, 0.25) is 5.91 Å². The van der Waals surface area contributed by atoms with Crippen LogP contribution in [0, 0.1) is 0 Å². The van der Waals surface area contributed by atoms with Crippen LogP contribution in [0.3, 0.4) is 0 Å². The Morgan fingerprint density at radius 2 is 2.00 bits per heavy atom. The van der Waals surface area contributed by atoms with Gasteiger partial charge in [-0.15, -0.1) is 0 Å². The number of methoxy groups -OCH3 is 1. The van der Waals surface area contributed by atoms with E-state index in [2.05, 4.69) is 20.7 Å². The highest BCUT2D eigenvalue weighted by Crippen LogP contribution is 2.33. The number of hydrogen-bond acceptors (Lipinski definition) is 4. The molecule has 0 bridgehead atoms. The Morgan fingerprint density at radius 3 is 2.68 bits per heavy atom. The van der Waals surface area contributed by atoms with E-state index in [4.69, 9.17) is 4.74 Å². The Hall–Kier alpha value is -2.06. The molecule has 3 rings (SSSR count). The lowest BCUT2D eigenvalue weighted by Gasteiger charge is -2.16. The zero-order chi connectivity index (χ0) is 18.2. The Bertz CT molecular complexity index is 944. The summed E-state index contributed by atoms with van der Waals surface area (Å²) in [5.41, 5.74) is 2.22. The second kappa shape index (κ2) is 6.68. The van der Waals surface area contributed by atoms with Crippen LogP contribution in [0.4, 0.5) is 11.4 Å². The van der Waals surface area contributed by atoms with Gasteiger partial charge < -0.3 is 9.64 Å². The molecule has 0 fully saturated rings. The van der Waals surface area contributed by atoms with Crippen molar-refractivity contribution in [3.63, 3.8) is 0 Å². The van der Waals surface area contributed by atoms with Gasteiger partial charge in [-0.2, -0.15) is 0 Å². The average Bonchev–Trinajstić information content (AvgIpc) is 2.97. The zero-order valence-corrected chi connectivity index (χ0v) is 16.1. The van der Waals surface area contributed by atoms with Gasteiger partial charge in [0.15, 0.2) is 0 Å². The van der Waals surface area contributed by atoms with Crippen molar-refractivity contribution in [3.8, 4) is 5.75 Å². The monoisotopic (exact) mass is 424 g/mol. The molecule has 1 aliphatic heterocycles. The minimum absolute atomic E-state index is 0.0223. The summed E-state index contributed by atoms with van der Waals surface area (Å²) in [6.45, 7) is 2.13.